The van der Waals surface area contributed by atoms with Crippen LogP contribution in [0.1, 0.15) is 44.0 Å². The maximum absolute atomic E-state index is 12.0. The van der Waals surface area contributed by atoms with Crippen LogP contribution < -0.4 is 5.69 Å². The Hall–Kier alpha value is -1.58. The molecule has 0 bridgehead atoms. The Morgan fingerprint density at radius 3 is 2.59 bits per heavy atom. The quantitative estimate of drug-likeness (QED) is 0.886. The highest BCUT2D eigenvalue weighted by molar-refractivity contribution is 5.72. The molecule has 0 saturated carbocycles. The average Bonchev–Trinajstić information content (AvgIpc) is 2.59. The molecule has 0 spiro atoms. The fraction of sp³-hybridized carbons (Fsp3) is 0.538. The van der Waals surface area contributed by atoms with Crippen LogP contribution in [0.2, 0.25) is 0 Å². The molecule has 2 aromatic rings. The zero-order valence-electron chi connectivity index (χ0n) is 10.9. The first-order valence-electron chi connectivity index (χ1n) is 6.16. The smallest absolute Gasteiger partial charge is 0.290 e. The number of imidazole rings is 1. The molecule has 1 N–H and O–H groups in total. The number of rotatable bonds is 3. The van der Waals surface area contributed by atoms with Gasteiger partial charge in [0.25, 0.3) is 0 Å². The summed E-state index contributed by atoms with van der Waals surface area (Å²) in [4.78, 5) is 19.3. The molecule has 0 aromatic carbocycles. The second-order valence-electron chi connectivity index (χ2n) is 4.53. The van der Waals surface area contributed by atoms with Crippen LogP contribution in [0.5, 0.6) is 0 Å². The summed E-state index contributed by atoms with van der Waals surface area (Å²) in [5.41, 5.74) is 3.66. The van der Waals surface area contributed by atoms with E-state index in [-0.39, 0.29) is 11.7 Å². The molecule has 4 nitrogen and oxygen atoms in total. The van der Waals surface area contributed by atoms with E-state index < -0.39 is 0 Å². The molecule has 2 rings (SSSR count). The van der Waals surface area contributed by atoms with Crippen molar-refractivity contribution in [3.05, 3.63) is 27.8 Å². The number of pyridine rings is 1. The molecule has 0 radical (unpaired) electrons. The largest absolute Gasteiger partial charge is 0.327 e. The van der Waals surface area contributed by atoms with Crippen molar-refractivity contribution >= 4 is 11.2 Å². The minimum absolute atomic E-state index is 0.0498. The Morgan fingerprint density at radius 2 is 2.00 bits per heavy atom. The molecule has 2 heterocycles. The maximum atomic E-state index is 12.0. The molecule has 0 saturated heterocycles. The minimum atomic E-state index is -0.0498. The van der Waals surface area contributed by atoms with Gasteiger partial charge in [0.05, 0.1) is 5.52 Å². The van der Waals surface area contributed by atoms with Crippen LogP contribution in [-0.4, -0.2) is 14.5 Å². The second-order valence-corrected chi connectivity index (χ2v) is 4.53. The average molecular weight is 233 g/mol. The first-order valence-corrected chi connectivity index (χ1v) is 6.16. The second kappa shape index (κ2) is 4.35. The van der Waals surface area contributed by atoms with E-state index in [9.17, 15) is 4.79 Å². The van der Waals surface area contributed by atoms with Crippen LogP contribution in [0.3, 0.4) is 0 Å². The van der Waals surface area contributed by atoms with Gasteiger partial charge in [-0.1, -0.05) is 13.8 Å². The van der Waals surface area contributed by atoms with Gasteiger partial charge >= 0.3 is 5.69 Å². The van der Waals surface area contributed by atoms with E-state index in [2.05, 4.69) is 23.8 Å². The molecule has 0 aliphatic carbocycles. The van der Waals surface area contributed by atoms with Crippen molar-refractivity contribution in [2.75, 3.05) is 0 Å². The van der Waals surface area contributed by atoms with E-state index in [4.69, 9.17) is 0 Å². The Balaban J connectivity index is 2.74. The number of hydrogen-bond acceptors (Lipinski definition) is 2. The molecule has 0 atom stereocenters. The SMILES string of the molecule is CCC(CC)n1c(=O)[nH]c2nc(C)c(C)cc21. The summed E-state index contributed by atoms with van der Waals surface area (Å²) in [6.45, 7) is 8.19. The lowest BCUT2D eigenvalue weighted by Crippen LogP contribution is -2.21. The fourth-order valence-corrected chi connectivity index (χ4v) is 2.25. The monoisotopic (exact) mass is 233 g/mol. The molecule has 0 fully saturated rings. The molecular weight excluding hydrogens is 214 g/mol. The number of aryl methyl sites for hydroxylation is 2. The normalized spacial score (nSPS) is 11.6. The molecule has 2 aromatic heterocycles. The highest BCUT2D eigenvalue weighted by Crippen LogP contribution is 2.20. The summed E-state index contributed by atoms with van der Waals surface area (Å²) in [6, 6.07) is 2.30. The number of fused-ring (bicyclic) bond motifs is 1. The van der Waals surface area contributed by atoms with Gasteiger partial charge in [-0.3, -0.25) is 9.55 Å². The molecule has 0 amide bonds. The van der Waals surface area contributed by atoms with Gasteiger partial charge in [0.1, 0.15) is 0 Å². The molecule has 4 heteroatoms. The number of hydrogen-bond donors (Lipinski definition) is 1. The summed E-state index contributed by atoms with van der Waals surface area (Å²) >= 11 is 0. The van der Waals surface area contributed by atoms with Gasteiger partial charge in [-0.15, -0.1) is 0 Å². The van der Waals surface area contributed by atoms with Crippen molar-refractivity contribution in [2.45, 2.75) is 46.6 Å². The third-order valence-electron chi connectivity index (χ3n) is 3.46. The van der Waals surface area contributed by atoms with Gasteiger partial charge in [0.15, 0.2) is 5.65 Å². The van der Waals surface area contributed by atoms with Gasteiger partial charge in [0.2, 0.25) is 0 Å². The van der Waals surface area contributed by atoms with Crippen LogP contribution >= 0.6 is 0 Å². The first kappa shape index (κ1) is 11.9. The summed E-state index contributed by atoms with van der Waals surface area (Å²) in [6.07, 6.45) is 1.91. The molecule has 92 valence electrons. The lowest BCUT2D eigenvalue weighted by molar-refractivity contribution is 0.471. The lowest BCUT2D eigenvalue weighted by atomic mass is 10.1. The Labute approximate surface area is 101 Å². The van der Waals surface area contributed by atoms with E-state index in [0.717, 1.165) is 29.6 Å². The van der Waals surface area contributed by atoms with Crippen LogP contribution in [0.25, 0.3) is 11.2 Å². The number of nitrogens with zero attached hydrogens (tertiary/aromatic N) is 2. The molecule has 17 heavy (non-hydrogen) atoms. The van der Waals surface area contributed by atoms with Crippen LogP contribution in [0.15, 0.2) is 10.9 Å². The number of H-pyrrole nitrogens is 1. The van der Waals surface area contributed by atoms with Crippen molar-refractivity contribution < 1.29 is 0 Å². The van der Waals surface area contributed by atoms with E-state index in [1.165, 1.54) is 0 Å². The predicted octanol–water partition coefficient (Wildman–Crippen LogP) is 2.70. The maximum Gasteiger partial charge on any atom is 0.327 e. The molecule has 0 unspecified atom stereocenters. The van der Waals surface area contributed by atoms with Crippen LogP contribution in [-0.2, 0) is 0 Å². The van der Waals surface area contributed by atoms with Gasteiger partial charge in [-0.25, -0.2) is 9.78 Å². The zero-order chi connectivity index (χ0) is 12.6. The van der Waals surface area contributed by atoms with Crippen molar-refractivity contribution in [3.8, 4) is 0 Å². The van der Waals surface area contributed by atoms with Crippen LogP contribution in [0.4, 0.5) is 0 Å². The standard InChI is InChI=1S/C13H19N3O/c1-5-10(6-2)16-11-7-8(3)9(4)14-12(11)15-13(16)17/h7,10H,5-6H2,1-4H3,(H,14,15,17). The zero-order valence-corrected chi connectivity index (χ0v) is 10.9. The van der Waals surface area contributed by atoms with E-state index in [0.29, 0.717) is 5.65 Å². The molecule has 0 aliphatic rings. The third kappa shape index (κ3) is 1.88. The first-order chi connectivity index (χ1) is 8.08. The summed E-state index contributed by atoms with van der Waals surface area (Å²) in [5.74, 6) is 0. The van der Waals surface area contributed by atoms with E-state index in [1.54, 1.807) is 0 Å². The lowest BCUT2D eigenvalue weighted by Gasteiger charge is -2.14. The Morgan fingerprint density at radius 1 is 1.35 bits per heavy atom. The van der Waals surface area contributed by atoms with Crippen molar-refractivity contribution in [1.82, 2.24) is 14.5 Å². The van der Waals surface area contributed by atoms with Crippen LogP contribution in [0, 0.1) is 13.8 Å². The fourth-order valence-electron chi connectivity index (χ4n) is 2.25. The van der Waals surface area contributed by atoms with Gasteiger partial charge < -0.3 is 0 Å². The summed E-state index contributed by atoms with van der Waals surface area (Å²) < 4.78 is 1.84. The molecular formula is C13H19N3O. The Kier molecular flexibility index (Phi) is 3.05. The highest BCUT2D eigenvalue weighted by atomic mass is 16.1. The third-order valence-corrected chi connectivity index (χ3v) is 3.46. The van der Waals surface area contributed by atoms with E-state index >= 15 is 0 Å². The molecule has 0 aliphatic heterocycles. The number of aromatic nitrogens is 3. The minimum Gasteiger partial charge on any atom is -0.290 e. The predicted molar refractivity (Wildman–Crippen MR) is 69.4 cm³/mol. The van der Waals surface area contributed by atoms with Gasteiger partial charge in [-0.05, 0) is 38.3 Å². The van der Waals surface area contributed by atoms with E-state index in [1.807, 2.05) is 24.5 Å². The van der Waals surface area contributed by atoms with Crippen molar-refractivity contribution in [3.63, 3.8) is 0 Å². The number of nitrogens with one attached hydrogen (secondary N) is 1. The van der Waals surface area contributed by atoms with Gasteiger partial charge in [0, 0.05) is 11.7 Å². The summed E-state index contributed by atoms with van der Waals surface area (Å²) in [5, 5.41) is 0. The van der Waals surface area contributed by atoms with Gasteiger partial charge in [-0.2, -0.15) is 0 Å². The van der Waals surface area contributed by atoms with Crippen molar-refractivity contribution in [2.24, 2.45) is 0 Å². The number of aromatic amines is 1. The Bertz CT molecular complexity index is 590. The summed E-state index contributed by atoms with van der Waals surface area (Å²) in [7, 11) is 0. The van der Waals surface area contributed by atoms with Crippen molar-refractivity contribution in [1.29, 1.82) is 0 Å². The topological polar surface area (TPSA) is 50.7 Å². The highest BCUT2D eigenvalue weighted by Gasteiger charge is 2.15.